The Morgan fingerprint density at radius 3 is 2.93 bits per heavy atom. The Kier molecular flexibility index (Phi) is 4.28. The molecule has 27 heavy (non-hydrogen) atoms. The fraction of sp³-hybridized carbons (Fsp3) is 0.222. The van der Waals surface area contributed by atoms with Gasteiger partial charge in [0.1, 0.15) is 24.0 Å². The molecule has 0 aromatic carbocycles. The molecule has 9 heteroatoms. The second kappa shape index (κ2) is 6.76. The normalized spacial score (nSPS) is 15.2. The quantitative estimate of drug-likeness (QED) is 0.729. The van der Waals surface area contributed by atoms with Crippen LogP contribution in [0.4, 0.5) is 16.0 Å². The Hall–Kier alpha value is -3.33. The molecular formula is C18H17FN6O2. The lowest BCUT2D eigenvalue weighted by atomic mass is 10.1. The molecule has 0 radical (unpaired) electrons. The molecule has 1 amide bonds. The van der Waals surface area contributed by atoms with Gasteiger partial charge in [0, 0.05) is 17.8 Å². The zero-order valence-corrected chi connectivity index (χ0v) is 14.5. The number of rotatable bonds is 4. The lowest BCUT2D eigenvalue weighted by Crippen LogP contribution is -2.40. The van der Waals surface area contributed by atoms with Crippen molar-refractivity contribution in [2.45, 2.75) is 19.6 Å². The highest BCUT2D eigenvalue weighted by molar-refractivity contribution is 5.93. The minimum absolute atomic E-state index is 0.136. The highest BCUT2D eigenvalue weighted by Gasteiger charge is 2.33. The molecule has 1 atom stereocenters. The third-order valence-electron chi connectivity index (χ3n) is 4.30. The van der Waals surface area contributed by atoms with E-state index in [1.807, 2.05) is 13.0 Å². The van der Waals surface area contributed by atoms with E-state index >= 15 is 0 Å². The number of nitrogens with zero attached hydrogens (tertiary/aromatic N) is 5. The van der Waals surface area contributed by atoms with Gasteiger partial charge in [-0.2, -0.15) is 9.78 Å². The summed E-state index contributed by atoms with van der Waals surface area (Å²) >= 11 is 0. The molecular weight excluding hydrogens is 351 g/mol. The van der Waals surface area contributed by atoms with Crippen molar-refractivity contribution in [3.05, 3.63) is 59.8 Å². The molecule has 0 saturated heterocycles. The number of anilines is 2. The van der Waals surface area contributed by atoms with Gasteiger partial charge in [0.15, 0.2) is 12.0 Å². The van der Waals surface area contributed by atoms with E-state index in [-0.39, 0.29) is 12.4 Å². The van der Waals surface area contributed by atoms with Crippen molar-refractivity contribution in [1.29, 1.82) is 0 Å². The predicted molar refractivity (Wildman–Crippen MR) is 95.9 cm³/mol. The summed E-state index contributed by atoms with van der Waals surface area (Å²) in [6.07, 6.45) is 2.31. The number of hydrogen-bond donors (Lipinski definition) is 2. The van der Waals surface area contributed by atoms with Gasteiger partial charge in [0.25, 0.3) is 0 Å². The molecule has 1 unspecified atom stereocenters. The summed E-state index contributed by atoms with van der Waals surface area (Å²) in [5.41, 5.74) is 1.38. The van der Waals surface area contributed by atoms with Gasteiger partial charge in [-0.25, -0.2) is 14.4 Å². The number of hydrogen-bond acceptors (Lipinski definition) is 6. The minimum atomic E-state index is -1.05. The smallest absolute Gasteiger partial charge is 0.245 e. The van der Waals surface area contributed by atoms with Crippen LogP contribution in [0, 0.1) is 5.82 Å². The third-order valence-corrected chi connectivity index (χ3v) is 4.30. The van der Waals surface area contributed by atoms with Crippen LogP contribution in [0.1, 0.15) is 24.4 Å². The van der Waals surface area contributed by atoms with E-state index in [0.717, 1.165) is 11.9 Å². The van der Waals surface area contributed by atoms with Crippen LogP contribution in [-0.2, 0) is 11.2 Å². The second-order valence-electron chi connectivity index (χ2n) is 6.09. The number of nitrogens with one attached hydrogen (secondary N) is 1. The SMILES string of the molecule is CCc1cc2n(n1)-c1ncccc1C(O)N2CC(=O)Nc1ccc(F)cn1. The number of halogens is 1. The predicted octanol–water partition coefficient (Wildman–Crippen LogP) is 1.81. The molecule has 3 aromatic rings. The summed E-state index contributed by atoms with van der Waals surface area (Å²) in [5, 5.41) is 17.9. The van der Waals surface area contributed by atoms with E-state index in [1.54, 1.807) is 23.0 Å². The summed E-state index contributed by atoms with van der Waals surface area (Å²) in [4.78, 5) is 22.1. The van der Waals surface area contributed by atoms with E-state index in [2.05, 4.69) is 20.4 Å². The van der Waals surface area contributed by atoms with Gasteiger partial charge < -0.3 is 15.3 Å². The number of carbonyl (C=O) groups excluding carboxylic acids is 1. The summed E-state index contributed by atoms with van der Waals surface area (Å²) in [7, 11) is 0. The number of amides is 1. The van der Waals surface area contributed by atoms with Gasteiger partial charge >= 0.3 is 0 Å². The van der Waals surface area contributed by atoms with Gasteiger partial charge in [-0.05, 0) is 30.7 Å². The molecule has 0 aliphatic carbocycles. The van der Waals surface area contributed by atoms with Gasteiger partial charge in [-0.15, -0.1) is 0 Å². The van der Waals surface area contributed by atoms with Gasteiger partial charge in [-0.3, -0.25) is 4.79 Å². The van der Waals surface area contributed by atoms with E-state index in [9.17, 15) is 14.3 Å². The minimum Gasteiger partial charge on any atom is -0.369 e. The van der Waals surface area contributed by atoms with Crippen molar-refractivity contribution in [3.63, 3.8) is 0 Å². The zero-order valence-electron chi connectivity index (χ0n) is 14.5. The summed E-state index contributed by atoms with van der Waals surface area (Å²) in [6, 6.07) is 7.87. The van der Waals surface area contributed by atoms with Crippen LogP contribution in [0.5, 0.6) is 0 Å². The lowest BCUT2D eigenvalue weighted by molar-refractivity contribution is -0.115. The summed E-state index contributed by atoms with van der Waals surface area (Å²) in [5.74, 6) is 0.466. The number of aromatic nitrogens is 4. The molecule has 0 spiro atoms. The second-order valence-corrected chi connectivity index (χ2v) is 6.09. The third kappa shape index (κ3) is 3.13. The molecule has 8 nitrogen and oxygen atoms in total. The van der Waals surface area contributed by atoms with Crippen LogP contribution >= 0.6 is 0 Å². The van der Waals surface area contributed by atoms with Gasteiger partial charge in [0.05, 0.1) is 11.9 Å². The van der Waals surface area contributed by atoms with Crippen molar-refractivity contribution in [2.75, 3.05) is 16.8 Å². The average molecular weight is 368 g/mol. The van der Waals surface area contributed by atoms with Crippen molar-refractivity contribution < 1.29 is 14.3 Å². The molecule has 1 aliphatic heterocycles. The highest BCUT2D eigenvalue weighted by Crippen LogP contribution is 2.35. The van der Waals surface area contributed by atoms with Crippen LogP contribution in [0.3, 0.4) is 0 Å². The first-order valence-corrected chi connectivity index (χ1v) is 8.47. The molecule has 0 bridgehead atoms. The molecule has 0 saturated carbocycles. The number of pyridine rings is 2. The van der Waals surface area contributed by atoms with Crippen molar-refractivity contribution in [3.8, 4) is 5.82 Å². The molecule has 4 heterocycles. The number of carbonyl (C=O) groups is 1. The Morgan fingerprint density at radius 2 is 2.19 bits per heavy atom. The average Bonchev–Trinajstić information content (AvgIpc) is 3.11. The Balaban J connectivity index is 1.63. The number of aliphatic hydroxyl groups excluding tert-OH is 1. The maximum atomic E-state index is 13.0. The Bertz CT molecular complexity index is 988. The van der Waals surface area contributed by atoms with Crippen molar-refractivity contribution in [1.82, 2.24) is 19.7 Å². The monoisotopic (exact) mass is 368 g/mol. The van der Waals surface area contributed by atoms with Crippen molar-refractivity contribution >= 4 is 17.5 Å². The topological polar surface area (TPSA) is 96.2 Å². The Morgan fingerprint density at radius 1 is 1.33 bits per heavy atom. The zero-order chi connectivity index (χ0) is 19.0. The largest absolute Gasteiger partial charge is 0.369 e. The fourth-order valence-corrected chi connectivity index (χ4v) is 2.99. The first-order chi connectivity index (χ1) is 13.1. The van der Waals surface area contributed by atoms with Crippen LogP contribution in [-0.4, -0.2) is 37.3 Å². The van der Waals surface area contributed by atoms with Gasteiger partial charge in [0.2, 0.25) is 5.91 Å². The van der Waals surface area contributed by atoms with E-state index < -0.39 is 18.0 Å². The molecule has 138 valence electrons. The number of fused-ring (bicyclic) bond motifs is 3. The lowest BCUT2D eigenvalue weighted by Gasteiger charge is -2.34. The summed E-state index contributed by atoms with van der Waals surface area (Å²) in [6.45, 7) is 1.84. The van der Waals surface area contributed by atoms with E-state index in [0.29, 0.717) is 23.6 Å². The van der Waals surface area contributed by atoms with Crippen LogP contribution < -0.4 is 10.2 Å². The molecule has 1 aliphatic rings. The van der Waals surface area contributed by atoms with Crippen molar-refractivity contribution in [2.24, 2.45) is 0 Å². The molecule has 4 rings (SSSR count). The van der Waals surface area contributed by atoms with E-state index in [4.69, 9.17) is 0 Å². The van der Waals surface area contributed by atoms with Crippen LogP contribution in [0.2, 0.25) is 0 Å². The Labute approximate surface area is 154 Å². The molecule has 2 N–H and O–H groups in total. The van der Waals surface area contributed by atoms with Crippen LogP contribution in [0.15, 0.2) is 42.7 Å². The number of aliphatic hydroxyl groups is 1. The maximum absolute atomic E-state index is 13.0. The first-order valence-electron chi connectivity index (χ1n) is 8.47. The first kappa shape index (κ1) is 17.1. The van der Waals surface area contributed by atoms with E-state index in [1.165, 1.54) is 17.0 Å². The molecule has 0 fully saturated rings. The van der Waals surface area contributed by atoms with Gasteiger partial charge in [-0.1, -0.05) is 6.92 Å². The molecule has 3 aromatic heterocycles. The fourth-order valence-electron chi connectivity index (χ4n) is 2.99. The standard InChI is InChI=1S/C18H17FN6O2/c1-2-12-8-16-24(10-15(26)22-14-6-5-11(19)9-21-14)18(27)13-4-3-7-20-17(13)25(16)23-12/h3-9,18,27H,2,10H2,1H3,(H,21,22,26). The maximum Gasteiger partial charge on any atom is 0.245 e. The highest BCUT2D eigenvalue weighted by atomic mass is 19.1. The van der Waals surface area contributed by atoms with Crippen LogP contribution in [0.25, 0.3) is 5.82 Å². The number of aryl methyl sites for hydroxylation is 1. The summed E-state index contributed by atoms with van der Waals surface area (Å²) < 4.78 is 14.6.